The van der Waals surface area contributed by atoms with Gasteiger partial charge in [0.05, 0.1) is 7.11 Å². The molecular weight excluding hydrogens is 336 g/mol. The highest BCUT2D eigenvalue weighted by Crippen LogP contribution is 2.13. The third-order valence-electron chi connectivity index (χ3n) is 3.08. The van der Waals surface area contributed by atoms with Crippen molar-refractivity contribution in [3.63, 3.8) is 0 Å². The van der Waals surface area contributed by atoms with E-state index in [1.54, 1.807) is 20.8 Å². The molecule has 0 aliphatic heterocycles. The van der Waals surface area contributed by atoms with Gasteiger partial charge in [0.1, 0.15) is 11.6 Å². The maximum Gasteiger partial charge on any atom is 0.408 e. The number of rotatable bonds is 6. The highest BCUT2D eigenvalue weighted by atomic mass is 19.2. The minimum atomic E-state index is -1.14. The number of halogens is 2. The number of amides is 1. The van der Waals surface area contributed by atoms with Crippen LogP contribution in [0.25, 0.3) is 0 Å². The second-order valence-electron chi connectivity index (χ2n) is 6.31. The van der Waals surface area contributed by atoms with Gasteiger partial charge in [-0.1, -0.05) is 0 Å². The lowest BCUT2D eigenvalue weighted by molar-refractivity contribution is -0.143. The van der Waals surface area contributed by atoms with Crippen molar-refractivity contribution in [2.24, 2.45) is 0 Å². The molecule has 8 heteroatoms. The van der Waals surface area contributed by atoms with Crippen molar-refractivity contribution in [1.29, 1.82) is 0 Å². The second-order valence-corrected chi connectivity index (χ2v) is 6.31. The number of ketones is 1. The number of Topliss-reactive ketones (excluding diaryl/α,β-unsaturated/α-hetero) is 1. The van der Waals surface area contributed by atoms with Crippen molar-refractivity contribution in [1.82, 2.24) is 5.32 Å². The van der Waals surface area contributed by atoms with Crippen molar-refractivity contribution >= 4 is 17.8 Å². The van der Waals surface area contributed by atoms with E-state index < -0.39 is 41.1 Å². The number of esters is 1. The van der Waals surface area contributed by atoms with Crippen LogP contribution in [-0.2, 0) is 14.3 Å². The van der Waals surface area contributed by atoms with Crippen LogP contribution >= 0.6 is 0 Å². The van der Waals surface area contributed by atoms with E-state index in [9.17, 15) is 23.2 Å². The highest BCUT2D eigenvalue weighted by molar-refractivity contribution is 5.96. The van der Waals surface area contributed by atoms with Crippen LogP contribution < -0.4 is 5.32 Å². The first-order chi connectivity index (χ1) is 11.5. The van der Waals surface area contributed by atoms with E-state index in [1.165, 1.54) is 0 Å². The molecule has 1 aromatic rings. The van der Waals surface area contributed by atoms with E-state index in [0.29, 0.717) is 0 Å². The van der Waals surface area contributed by atoms with Gasteiger partial charge in [0.2, 0.25) is 0 Å². The zero-order valence-corrected chi connectivity index (χ0v) is 14.5. The normalized spacial score (nSPS) is 12.2. The highest BCUT2D eigenvalue weighted by Gasteiger charge is 2.26. The molecule has 0 spiro atoms. The molecule has 0 radical (unpaired) electrons. The Morgan fingerprint density at radius 2 is 1.80 bits per heavy atom. The molecule has 0 heterocycles. The molecule has 25 heavy (non-hydrogen) atoms. The lowest BCUT2D eigenvalue weighted by Crippen LogP contribution is -2.44. The van der Waals surface area contributed by atoms with Crippen LogP contribution in [0.3, 0.4) is 0 Å². The number of hydrogen-bond donors (Lipinski definition) is 1. The molecule has 1 N–H and O–H groups in total. The summed E-state index contributed by atoms with van der Waals surface area (Å²) in [7, 11) is 1.14. The molecule has 1 rings (SSSR count). The van der Waals surface area contributed by atoms with Gasteiger partial charge in [0.15, 0.2) is 17.4 Å². The Morgan fingerprint density at radius 1 is 1.16 bits per heavy atom. The molecule has 1 atom stereocenters. The average molecular weight is 357 g/mol. The van der Waals surface area contributed by atoms with Gasteiger partial charge in [-0.15, -0.1) is 0 Å². The number of ether oxygens (including phenoxy) is 2. The quantitative estimate of drug-likeness (QED) is 0.625. The Balaban J connectivity index is 2.72. The van der Waals surface area contributed by atoms with Crippen LogP contribution in [0.4, 0.5) is 13.6 Å². The number of hydrogen-bond acceptors (Lipinski definition) is 5. The Hall–Kier alpha value is -2.51. The van der Waals surface area contributed by atoms with Crippen molar-refractivity contribution in [2.75, 3.05) is 7.11 Å². The molecule has 0 aliphatic carbocycles. The summed E-state index contributed by atoms with van der Waals surface area (Å²) in [6.45, 7) is 4.98. The average Bonchev–Trinajstić information content (AvgIpc) is 2.51. The smallest absolute Gasteiger partial charge is 0.408 e. The molecular formula is C17H21F2NO5. The first kappa shape index (κ1) is 20.5. The summed E-state index contributed by atoms with van der Waals surface area (Å²) in [5, 5.41) is 2.33. The predicted molar refractivity (Wildman–Crippen MR) is 85.1 cm³/mol. The van der Waals surface area contributed by atoms with Gasteiger partial charge >= 0.3 is 12.1 Å². The first-order valence-corrected chi connectivity index (χ1v) is 7.59. The number of benzene rings is 1. The number of methoxy groups -OCH3 is 1. The Labute approximate surface area is 144 Å². The third kappa shape index (κ3) is 6.86. The summed E-state index contributed by atoms with van der Waals surface area (Å²) in [6, 6.07) is 1.68. The molecule has 0 bridgehead atoms. The summed E-state index contributed by atoms with van der Waals surface area (Å²) >= 11 is 0. The largest absolute Gasteiger partial charge is 0.467 e. The number of nitrogens with one attached hydrogen (secondary N) is 1. The van der Waals surface area contributed by atoms with E-state index >= 15 is 0 Å². The topological polar surface area (TPSA) is 81.7 Å². The zero-order valence-electron chi connectivity index (χ0n) is 14.5. The van der Waals surface area contributed by atoms with Crippen molar-refractivity contribution < 1.29 is 32.6 Å². The van der Waals surface area contributed by atoms with E-state index in [1.807, 2.05) is 0 Å². The molecule has 0 saturated carbocycles. The summed E-state index contributed by atoms with van der Waals surface area (Å²) in [5.74, 6) is -3.44. The van der Waals surface area contributed by atoms with E-state index in [2.05, 4.69) is 10.1 Å². The molecule has 0 fully saturated rings. The molecule has 6 nitrogen and oxygen atoms in total. The number of alkyl carbamates (subject to hydrolysis) is 1. The van der Waals surface area contributed by atoms with Crippen molar-refractivity contribution in [2.45, 2.75) is 45.3 Å². The number of carbonyl (C=O) groups is 3. The minimum Gasteiger partial charge on any atom is -0.467 e. The molecule has 0 aliphatic rings. The van der Waals surface area contributed by atoms with Crippen molar-refractivity contribution in [3.05, 3.63) is 35.4 Å². The van der Waals surface area contributed by atoms with Crippen LogP contribution in [0.2, 0.25) is 0 Å². The molecule has 0 saturated heterocycles. The van der Waals surface area contributed by atoms with E-state index in [4.69, 9.17) is 4.74 Å². The standard InChI is InChI=1S/C17H21F2NO5/c1-17(2,3)25-16(23)20-13(15(22)24-4)7-8-14(21)10-5-6-11(18)12(19)9-10/h5-6,9,13H,7-8H2,1-4H3,(H,20,23)/t13-/m0/s1. The maximum atomic E-state index is 13.2. The van der Waals surface area contributed by atoms with Crippen molar-refractivity contribution in [3.8, 4) is 0 Å². The molecule has 0 aromatic heterocycles. The molecule has 1 aromatic carbocycles. The summed E-state index contributed by atoms with van der Waals surface area (Å²) < 4.78 is 35.7. The Kier molecular flexibility index (Phi) is 7.02. The van der Waals surface area contributed by atoms with Gasteiger partial charge in [-0.3, -0.25) is 4.79 Å². The third-order valence-corrected chi connectivity index (χ3v) is 3.08. The van der Waals surface area contributed by atoms with Gasteiger partial charge in [0.25, 0.3) is 0 Å². The Morgan fingerprint density at radius 3 is 2.32 bits per heavy atom. The van der Waals surface area contributed by atoms with Gasteiger partial charge in [0, 0.05) is 12.0 Å². The lowest BCUT2D eigenvalue weighted by atomic mass is 10.0. The van der Waals surface area contributed by atoms with E-state index in [0.717, 1.165) is 25.3 Å². The van der Waals surface area contributed by atoms with Crippen LogP contribution in [0.5, 0.6) is 0 Å². The van der Waals surface area contributed by atoms with Crippen LogP contribution in [0.1, 0.15) is 44.0 Å². The Bertz CT molecular complexity index is 655. The van der Waals surface area contributed by atoms with E-state index in [-0.39, 0.29) is 18.4 Å². The number of carbonyl (C=O) groups excluding carboxylic acids is 3. The second kappa shape index (κ2) is 8.55. The SMILES string of the molecule is COC(=O)[C@H](CCC(=O)c1ccc(F)c(F)c1)NC(=O)OC(C)(C)C. The van der Waals surface area contributed by atoms with Gasteiger partial charge in [-0.2, -0.15) is 0 Å². The minimum absolute atomic E-state index is 0.0280. The maximum absolute atomic E-state index is 13.2. The molecule has 1 amide bonds. The first-order valence-electron chi connectivity index (χ1n) is 7.59. The fourth-order valence-corrected chi connectivity index (χ4v) is 1.93. The van der Waals surface area contributed by atoms with Gasteiger partial charge < -0.3 is 14.8 Å². The van der Waals surface area contributed by atoms with Crippen LogP contribution in [-0.4, -0.2) is 36.6 Å². The lowest BCUT2D eigenvalue weighted by Gasteiger charge is -2.22. The summed E-state index contributed by atoms with van der Waals surface area (Å²) in [4.78, 5) is 35.6. The molecule has 138 valence electrons. The fourth-order valence-electron chi connectivity index (χ4n) is 1.93. The summed E-state index contributed by atoms with van der Waals surface area (Å²) in [6.07, 6.45) is -1.09. The molecule has 0 unspecified atom stereocenters. The van der Waals surface area contributed by atoms with Gasteiger partial charge in [-0.25, -0.2) is 18.4 Å². The van der Waals surface area contributed by atoms with Gasteiger partial charge in [-0.05, 0) is 45.4 Å². The monoisotopic (exact) mass is 357 g/mol. The fraction of sp³-hybridized carbons (Fsp3) is 0.471. The van der Waals surface area contributed by atoms with Crippen LogP contribution in [0, 0.1) is 11.6 Å². The van der Waals surface area contributed by atoms with Crippen LogP contribution in [0.15, 0.2) is 18.2 Å². The predicted octanol–water partition coefficient (Wildman–Crippen LogP) is 2.99. The zero-order chi connectivity index (χ0) is 19.2. The summed E-state index contributed by atoms with van der Waals surface area (Å²) in [5.41, 5.74) is -0.786.